The topological polar surface area (TPSA) is 95.3 Å². The van der Waals surface area contributed by atoms with E-state index in [1.54, 1.807) is 30.3 Å². The predicted molar refractivity (Wildman–Crippen MR) is 140 cm³/mol. The quantitative estimate of drug-likeness (QED) is 0.133. The monoisotopic (exact) mass is 554 g/mol. The van der Waals surface area contributed by atoms with E-state index in [0.29, 0.717) is 57.5 Å². The number of nitrogens with zero attached hydrogens (tertiary/aromatic N) is 3. The van der Waals surface area contributed by atoms with E-state index in [1.165, 1.54) is 30.2 Å². The predicted octanol–water partition coefficient (Wildman–Crippen LogP) is 5.67. The first-order valence-electron chi connectivity index (χ1n) is 10.5. The van der Waals surface area contributed by atoms with E-state index >= 15 is 0 Å². The highest BCUT2D eigenvalue weighted by Gasteiger charge is 2.19. The zero-order chi connectivity index (χ0) is 25.4. The van der Waals surface area contributed by atoms with Crippen molar-refractivity contribution in [1.82, 2.24) is 14.8 Å². The van der Waals surface area contributed by atoms with Crippen LogP contribution in [0.25, 0.3) is 0 Å². The maximum atomic E-state index is 12.5. The number of ether oxygens (including phenoxy) is 2. The molecule has 0 aliphatic heterocycles. The Morgan fingerprint density at radius 3 is 2.80 bits per heavy atom. The molecule has 0 radical (unpaired) electrons. The third-order valence-electron chi connectivity index (χ3n) is 4.65. The maximum absolute atomic E-state index is 12.5. The fraction of sp³-hybridized carbons (Fsp3) is 0.304. The SMILES string of the molecule is C=CCn1c(CCCOc2ccc(Cl)cc2Cl)nnc1SCC(=O)Nc1sc(C)cc1C(=O)OC. The van der Waals surface area contributed by atoms with Crippen LogP contribution in [-0.4, -0.2) is 46.1 Å². The first-order valence-corrected chi connectivity index (χ1v) is 13.1. The molecular formula is C23H24Cl2N4O4S2. The Kier molecular flexibility index (Phi) is 10.0. The van der Waals surface area contributed by atoms with E-state index in [2.05, 4.69) is 22.1 Å². The van der Waals surface area contributed by atoms with E-state index in [4.69, 9.17) is 32.7 Å². The number of allylic oxidation sites excluding steroid dienone is 1. The van der Waals surface area contributed by atoms with Crippen molar-refractivity contribution >= 4 is 63.2 Å². The van der Waals surface area contributed by atoms with Crippen molar-refractivity contribution in [3.8, 4) is 5.75 Å². The van der Waals surface area contributed by atoms with Gasteiger partial charge in [-0.3, -0.25) is 4.79 Å². The number of hydrogen-bond acceptors (Lipinski definition) is 8. The lowest BCUT2D eigenvalue weighted by Gasteiger charge is -2.10. The highest BCUT2D eigenvalue weighted by molar-refractivity contribution is 7.99. The van der Waals surface area contributed by atoms with Crippen LogP contribution in [0.5, 0.6) is 5.75 Å². The molecular weight excluding hydrogens is 531 g/mol. The number of methoxy groups -OCH3 is 1. The Morgan fingerprint density at radius 1 is 1.29 bits per heavy atom. The van der Waals surface area contributed by atoms with Gasteiger partial charge < -0.3 is 19.4 Å². The molecule has 0 saturated carbocycles. The molecule has 3 aromatic rings. The molecule has 0 atom stereocenters. The standard InChI is InChI=1S/C23H24Cl2N4O4S2/c1-4-9-29-19(6-5-10-33-18-8-7-15(24)12-17(18)25)27-28-23(29)34-13-20(30)26-21-16(22(31)32-3)11-14(2)35-21/h4,7-8,11-12H,1,5-6,9-10,13H2,2-3H3,(H,26,30). The smallest absolute Gasteiger partial charge is 0.340 e. The summed E-state index contributed by atoms with van der Waals surface area (Å²) >= 11 is 14.6. The van der Waals surface area contributed by atoms with Crippen LogP contribution in [0.15, 0.2) is 42.1 Å². The van der Waals surface area contributed by atoms with Crippen LogP contribution in [0.3, 0.4) is 0 Å². The summed E-state index contributed by atoms with van der Waals surface area (Å²) in [6.45, 7) is 6.61. The Labute approximate surface area is 221 Å². The van der Waals surface area contributed by atoms with E-state index in [-0.39, 0.29) is 11.7 Å². The maximum Gasteiger partial charge on any atom is 0.340 e. The van der Waals surface area contributed by atoms with Gasteiger partial charge >= 0.3 is 5.97 Å². The molecule has 186 valence electrons. The number of nitrogens with one attached hydrogen (secondary N) is 1. The van der Waals surface area contributed by atoms with Crippen LogP contribution in [0.1, 0.15) is 27.5 Å². The number of thiophene rings is 1. The molecule has 35 heavy (non-hydrogen) atoms. The minimum atomic E-state index is -0.491. The molecule has 1 N–H and O–H groups in total. The van der Waals surface area contributed by atoms with Crippen molar-refractivity contribution in [1.29, 1.82) is 0 Å². The van der Waals surface area contributed by atoms with Gasteiger partial charge in [-0.15, -0.1) is 28.1 Å². The van der Waals surface area contributed by atoms with E-state index < -0.39 is 5.97 Å². The highest BCUT2D eigenvalue weighted by atomic mass is 35.5. The Morgan fingerprint density at radius 2 is 2.09 bits per heavy atom. The van der Waals surface area contributed by atoms with Crippen LogP contribution in [0.2, 0.25) is 10.0 Å². The zero-order valence-electron chi connectivity index (χ0n) is 19.2. The lowest BCUT2D eigenvalue weighted by atomic mass is 10.3. The minimum absolute atomic E-state index is 0.102. The van der Waals surface area contributed by atoms with Crippen molar-refractivity contribution in [3.63, 3.8) is 0 Å². The largest absolute Gasteiger partial charge is 0.492 e. The van der Waals surface area contributed by atoms with Gasteiger partial charge in [0, 0.05) is 22.9 Å². The summed E-state index contributed by atoms with van der Waals surface area (Å²) in [6, 6.07) is 6.78. The van der Waals surface area contributed by atoms with Gasteiger partial charge in [-0.2, -0.15) is 0 Å². The number of anilines is 1. The van der Waals surface area contributed by atoms with Crippen molar-refractivity contribution in [2.45, 2.75) is 31.5 Å². The fourth-order valence-corrected chi connectivity index (χ4v) is 5.23. The van der Waals surface area contributed by atoms with Crippen molar-refractivity contribution in [3.05, 3.63) is 63.2 Å². The van der Waals surface area contributed by atoms with Crippen molar-refractivity contribution in [2.75, 3.05) is 24.8 Å². The average molecular weight is 556 g/mol. The molecule has 0 saturated heterocycles. The summed E-state index contributed by atoms with van der Waals surface area (Å²) in [4.78, 5) is 25.4. The van der Waals surface area contributed by atoms with Crippen LogP contribution in [0.4, 0.5) is 5.00 Å². The Balaban J connectivity index is 1.55. The highest BCUT2D eigenvalue weighted by Crippen LogP contribution is 2.29. The molecule has 8 nitrogen and oxygen atoms in total. The van der Waals surface area contributed by atoms with Crippen LogP contribution in [-0.2, 0) is 22.5 Å². The number of halogens is 2. The van der Waals surface area contributed by atoms with Crippen LogP contribution in [0, 0.1) is 6.92 Å². The second-order valence-corrected chi connectivity index (χ2v) is 10.3. The zero-order valence-corrected chi connectivity index (χ0v) is 22.3. The van der Waals surface area contributed by atoms with Gasteiger partial charge in [-0.1, -0.05) is 41.0 Å². The number of aromatic nitrogens is 3. The van der Waals surface area contributed by atoms with Gasteiger partial charge in [0.25, 0.3) is 0 Å². The molecule has 2 heterocycles. The number of thioether (sulfide) groups is 1. The fourth-order valence-electron chi connectivity index (χ4n) is 3.09. The number of hydrogen-bond donors (Lipinski definition) is 1. The summed E-state index contributed by atoms with van der Waals surface area (Å²) in [5, 5.41) is 13.4. The van der Waals surface area contributed by atoms with Crippen molar-refractivity contribution < 1.29 is 19.1 Å². The van der Waals surface area contributed by atoms with E-state index in [0.717, 1.165) is 10.7 Å². The second kappa shape index (κ2) is 13.0. The molecule has 0 aliphatic rings. The molecule has 0 bridgehead atoms. The van der Waals surface area contributed by atoms with Gasteiger partial charge in [0.2, 0.25) is 5.91 Å². The first-order chi connectivity index (χ1) is 16.8. The second-order valence-electron chi connectivity index (χ2n) is 7.25. The lowest BCUT2D eigenvalue weighted by Crippen LogP contribution is -2.16. The molecule has 1 aromatic carbocycles. The Bertz CT molecular complexity index is 1210. The van der Waals surface area contributed by atoms with E-state index in [9.17, 15) is 9.59 Å². The molecule has 0 aliphatic carbocycles. The number of aryl methyl sites for hydroxylation is 2. The van der Waals surface area contributed by atoms with Gasteiger partial charge in [0.05, 0.1) is 30.1 Å². The van der Waals surface area contributed by atoms with Gasteiger partial charge in [0.15, 0.2) is 5.16 Å². The summed E-state index contributed by atoms with van der Waals surface area (Å²) in [7, 11) is 1.31. The van der Waals surface area contributed by atoms with Gasteiger partial charge in [0.1, 0.15) is 16.6 Å². The number of esters is 1. The third kappa shape index (κ3) is 7.47. The number of amides is 1. The molecule has 2 aromatic heterocycles. The minimum Gasteiger partial charge on any atom is -0.492 e. The molecule has 1 amide bonds. The first kappa shape index (κ1) is 27.1. The number of carbonyl (C=O) groups is 2. The summed E-state index contributed by atoms with van der Waals surface area (Å²) in [5.74, 6) is 0.688. The number of benzene rings is 1. The van der Waals surface area contributed by atoms with E-state index in [1.807, 2.05) is 11.5 Å². The van der Waals surface area contributed by atoms with Crippen LogP contribution < -0.4 is 10.1 Å². The third-order valence-corrected chi connectivity index (χ3v) is 7.11. The molecule has 3 rings (SSSR count). The van der Waals surface area contributed by atoms with Gasteiger partial charge in [-0.25, -0.2) is 4.79 Å². The molecule has 12 heteroatoms. The van der Waals surface area contributed by atoms with Crippen molar-refractivity contribution in [2.24, 2.45) is 0 Å². The lowest BCUT2D eigenvalue weighted by molar-refractivity contribution is -0.113. The molecule has 0 unspecified atom stereocenters. The number of carbonyl (C=O) groups excluding carboxylic acids is 2. The number of rotatable bonds is 12. The Hall–Kier alpha value is -2.53. The van der Waals surface area contributed by atoms with Gasteiger partial charge in [-0.05, 0) is 37.6 Å². The average Bonchev–Trinajstić information content (AvgIpc) is 3.38. The molecule has 0 fully saturated rings. The summed E-state index contributed by atoms with van der Waals surface area (Å²) in [6.07, 6.45) is 3.06. The normalized spacial score (nSPS) is 10.7. The molecule has 0 spiro atoms. The summed E-state index contributed by atoms with van der Waals surface area (Å²) in [5.41, 5.74) is 0.340. The summed E-state index contributed by atoms with van der Waals surface area (Å²) < 4.78 is 12.4. The van der Waals surface area contributed by atoms with Crippen LogP contribution >= 0.6 is 46.3 Å².